The van der Waals surface area contributed by atoms with E-state index in [1.54, 1.807) is 7.05 Å². The van der Waals surface area contributed by atoms with Crippen molar-refractivity contribution in [2.45, 2.75) is 49.1 Å². The summed E-state index contributed by atoms with van der Waals surface area (Å²) in [5.41, 5.74) is 2.85. The van der Waals surface area contributed by atoms with Crippen LogP contribution < -0.4 is 16.0 Å². The number of likely N-dealkylation sites (N-methyl/N-ethyl adjacent to an activating group) is 1. The van der Waals surface area contributed by atoms with E-state index in [2.05, 4.69) is 59.0 Å². The Morgan fingerprint density at radius 1 is 0.844 bits per heavy atom. The first-order chi connectivity index (χ1) is 15.3. The quantitative estimate of drug-likeness (QED) is 0.278. The predicted octanol–water partition coefficient (Wildman–Crippen LogP) is 4.02. The molecular formula is C26H34IN3O2. The number of hydrogen-bond donors (Lipinski definition) is 3. The Morgan fingerprint density at radius 2 is 1.38 bits per heavy atom. The number of halogens is 1. The lowest BCUT2D eigenvalue weighted by molar-refractivity contribution is -0.122. The first-order valence-corrected chi connectivity index (χ1v) is 12.2. The molecule has 3 atom stereocenters. The summed E-state index contributed by atoms with van der Waals surface area (Å²) in [4.78, 5) is 25.4. The van der Waals surface area contributed by atoms with Gasteiger partial charge in [-0.25, -0.2) is 0 Å². The number of carbonyl (C=O) groups is 2. The maximum absolute atomic E-state index is 13.0. The highest BCUT2D eigenvalue weighted by Gasteiger charge is 2.25. The maximum Gasteiger partial charge on any atom is 0.242 e. The van der Waals surface area contributed by atoms with Crippen LogP contribution in [0, 0.1) is 5.92 Å². The lowest BCUT2D eigenvalue weighted by atomic mass is 9.99. The van der Waals surface area contributed by atoms with E-state index in [9.17, 15) is 9.59 Å². The molecule has 0 unspecified atom stereocenters. The molecule has 0 saturated heterocycles. The van der Waals surface area contributed by atoms with Crippen LogP contribution in [0.25, 0.3) is 0 Å². The standard InChI is InChI=1S/C26H34IN3O2/c1-18(2)15-24(26(32)28-4)29-19(3)23(17-21-13-9-6-10-14-21)30-25(31)22(27)16-20-11-7-5-8-12-20/h5-14,18,22-24,29H,3,15-17H2,1-2,4H3,(H,28,32)(H,30,31)/t22-,23-,24-/m1/s1. The van der Waals surface area contributed by atoms with Gasteiger partial charge in [-0.15, -0.1) is 0 Å². The number of carbonyl (C=O) groups excluding carboxylic acids is 2. The predicted molar refractivity (Wildman–Crippen MR) is 140 cm³/mol. The highest BCUT2D eigenvalue weighted by Crippen LogP contribution is 2.15. The summed E-state index contributed by atoms with van der Waals surface area (Å²) >= 11 is 2.19. The van der Waals surface area contributed by atoms with E-state index in [0.29, 0.717) is 30.9 Å². The Bertz CT molecular complexity index is 871. The summed E-state index contributed by atoms with van der Waals surface area (Å²) in [6, 6.07) is 19.2. The Labute approximate surface area is 205 Å². The van der Waals surface area contributed by atoms with Gasteiger partial charge in [-0.05, 0) is 36.3 Å². The molecule has 0 saturated carbocycles. The molecule has 3 N–H and O–H groups in total. The normalized spacial score (nSPS) is 13.7. The number of alkyl halides is 1. The minimum Gasteiger partial charge on any atom is -0.376 e. The van der Waals surface area contributed by atoms with Gasteiger partial charge in [0.1, 0.15) is 6.04 Å². The first kappa shape index (κ1) is 25.9. The molecule has 0 bridgehead atoms. The van der Waals surface area contributed by atoms with Crippen molar-refractivity contribution in [1.29, 1.82) is 0 Å². The van der Waals surface area contributed by atoms with Gasteiger partial charge in [0.25, 0.3) is 0 Å². The van der Waals surface area contributed by atoms with Crippen molar-refractivity contribution >= 4 is 34.4 Å². The van der Waals surface area contributed by atoms with Crippen LogP contribution in [-0.2, 0) is 22.4 Å². The minimum absolute atomic E-state index is 0.0429. The van der Waals surface area contributed by atoms with Crippen LogP contribution in [0.15, 0.2) is 72.9 Å². The maximum atomic E-state index is 13.0. The smallest absolute Gasteiger partial charge is 0.242 e. The number of benzene rings is 2. The van der Waals surface area contributed by atoms with Crippen LogP contribution in [0.4, 0.5) is 0 Å². The van der Waals surface area contributed by atoms with Gasteiger partial charge in [-0.2, -0.15) is 0 Å². The zero-order chi connectivity index (χ0) is 23.5. The average molecular weight is 547 g/mol. The Balaban J connectivity index is 2.14. The summed E-state index contributed by atoms with van der Waals surface area (Å²) in [5.74, 6) is 0.212. The summed E-state index contributed by atoms with van der Waals surface area (Å²) < 4.78 is -0.216. The van der Waals surface area contributed by atoms with Crippen molar-refractivity contribution in [3.05, 3.63) is 84.1 Å². The summed E-state index contributed by atoms with van der Waals surface area (Å²) in [6.45, 7) is 8.36. The molecule has 2 aromatic carbocycles. The molecular weight excluding hydrogens is 513 g/mol. The Hall–Kier alpha value is -2.35. The van der Waals surface area contributed by atoms with Gasteiger partial charge in [0.05, 0.1) is 9.97 Å². The molecule has 2 amide bonds. The molecule has 0 aliphatic rings. The van der Waals surface area contributed by atoms with Crippen molar-refractivity contribution in [3.63, 3.8) is 0 Å². The number of amides is 2. The molecule has 0 aromatic heterocycles. The van der Waals surface area contributed by atoms with Crippen LogP contribution in [0.1, 0.15) is 31.4 Å². The largest absolute Gasteiger partial charge is 0.376 e. The van der Waals surface area contributed by atoms with Gasteiger partial charge in [-0.3, -0.25) is 9.59 Å². The topological polar surface area (TPSA) is 70.2 Å². The number of hydrogen-bond acceptors (Lipinski definition) is 3. The molecule has 2 aromatic rings. The van der Waals surface area contributed by atoms with Crippen LogP contribution in [-0.4, -0.2) is 34.9 Å². The first-order valence-electron chi connectivity index (χ1n) is 11.0. The van der Waals surface area contributed by atoms with E-state index in [1.807, 2.05) is 60.7 Å². The minimum atomic E-state index is -0.401. The zero-order valence-corrected chi connectivity index (χ0v) is 21.3. The number of nitrogens with one attached hydrogen (secondary N) is 3. The fourth-order valence-corrected chi connectivity index (χ4v) is 4.18. The molecule has 172 valence electrons. The molecule has 5 nitrogen and oxygen atoms in total. The molecule has 2 rings (SSSR count). The lowest BCUT2D eigenvalue weighted by Crippen LogP contribution is -2.50. The third-order valence-electron chi connectivity index (χ3n) is 5.19. The van der Waals surface area contributed by atoms with Crippen molar-refractivity contribution in [2.24, 2.45) is 5.92 Å². The molecule has 0 fully saturated rings. The molecule has 0 spiro atoms. The molecule has 0 heterocycles. The monoisotopic (exact) mass is 547 g/mol. The third kappa shape index (κ3) is 8.65. The van der Waals surface area contributed by atoms with E-state index < -0.39 is 6.04 Å². The van der Waals surface area contributed by atoms with Gasteiger partial charge < -0.3 is 16.0 Å². The van der Waals surface area contributed by atoms with Crippen molar-refractivity contribution in [3.8, 4) is 0 Å². The van der Waals surface area contributed by atoms with Crippen molar-refractivity contribution < 1.29 is 9.59 Å². The van der Waals surface area contributed by atoms with Gasteiger partial charge in [-0.1, -0.05) is 104 Å². The highest BCUT2D eigenvalue weighted by atomic mass is 127. The van der Waals surface area contributed by atoms with E-state index in [0.717, 1.165) is 11.1 Å². The fourth-order valence-electron chi connectivity index (χ4n) is 3.49. The summed E-state index contributed by atoms with van der Waals surface area (Å²) in [7, 11) is 1.63. The second-order valence-electron chi connectivity index (χ2n) is 8.37. The average Bonchev–Trinajstić information content (AvgIpc) is 2.78. The highest BCUT2D eigenvalue weighted by molar-refractivity contribution is 14.1. The van der Waals surface area contributed by atoms with E-state index >= 15 is 0 Å². The summed E-state index contributed by atoms with van der Waals surface area (Å²) in [6.07, 6.45) is 1.92. The van der Waals surface area contributed by atoms with Crippen LogP contribution in [0.2, 0.25) is 0 Å². The summed E-state index contributed by atoms with van der Waals surface area (Å²) in [5, 5.41) is 9.17. The van der Waals surface area contributed by atoms with E-state index in [4.69, 9.17) is 0 Å². The molecule has 32 heavy (non-hydrogen) atoms. The number of rotatable bonds is 12. The van der Waals surface area contributed by atoms with Gasteiger partial charge in [0.15, 0.2) is 0 Å². The zero-order valence-electron chi connectivity index (χ0n) is 19.1. The third-order valence-corrected chi connectivity index (χ3v) is 6.20. The second kappa shape index (κ2) is 13.3. The van der Waals surface area contributed by atoms with Crippen LogP contribution in [0.3, 0.4) is 0 Å². The van der Waals surface area contributed by atoms with E-state index in [1.165, 1.54) is 0 Å². The molecule has 0 aliphatic carbocycles. The van der Waals surface area contributed by atoms with Crippen molar-refractivity contribution in [1.82, 2.24) is 16.0 Å². The van der Waals surface area contributed by atoms with Gasteiger partial charge in [0, 0.05) is 12.7 Å². The second-order valence-corrected chi connectivity index (χ2v) is 9.88. The SMILES string of the molecule is C=C(N[C@H](CC(C)C)C(=O)NC)[C@@H](Cc1ccccc1)NC(=O)[C@H](I)Cc1ccccc1. The Morgan fingerprint density at radius 3 is 1.88 bits per heavy atom. The van der Waals surface area contributed by atoms with Gasteiger partial charge >= 0.3 is 0 Å². The van der Waals surface area contributed by atoms with E-state index in [-0.39, 0.29) is 21.8 Å². The Kier molecular flexibility index (Phi) is 10.7. The van der Waals surface area contributed by atoms with Crippen LogP contribution in [0.5, 0.6) is 0 Å². The molecule has 6 heteroatoms. The molecule has 0 radical (unpaired) electrons. The fraction of sp³-hybridized carbons (Fsp3) is 0.385. The van der Waals surface area contributed by atoms with Gasteiger partial charge in [0.2, 0.25) is 11.8 Å². The van der Waals surface area contributed by atoms with Crippen LogP contribution >= 0.6 is 22.6 Å². The molecule has 0 aliphatic heterocycles. The lowest BCUT2D eigenvalue weighted by Gasteiger charge is -2.28. The van der Waals surface area contributed by atoms with Crippen molar-refractivity contribution in [2.75, 3.05) is 7.05 Å².